The Hall–Kier alpha value is -1.06. The summed E-state index contributed by atoms with van der Waals surface area (Å²) in [5, 5.41) is 9.50. The summed E-state index contributed by atoms with van der Waals surface area (Å²) in [6.45, 7) is 3.28. The Labute approximate surface area is 127 Å². The van der Waals surface area contributed by atoms with Crippen molar-refractivity contribution in [1.82, 2.24) is 4.90 Å². The lowest BCUT2D eigenvalue weighted by Gasteiger charge is -2.39. The van der Waals surface area contributed by atoms with Gasteiger partial charge in [0.25, 0.3) is 0 Å². The lowest BCUT2D eigenvalue weighted by atomic mass is 9.75. The SMILES string of the molecule is CCCC1(C(=O)O)CCN(C(=O)CC2CCCCC2)CC1. The molecule has 2 aliphatic rings. The highest BCUT2D eigenvalue weighted by Crippen LogP contribution is 2.37. The van der Waals surface area contributed by atoms with Crippen LogP contribution < -0.4 is 0 Å². The van der Waals surface area contributed by atoms with E-state index < -0.39 is 11.4 Å². The van der Waals surface area contributed by atoms with E-state index in [9.17, 15) is 14.7 Å². The molecule has 0 aromatic heterocycles. The van der Waals surface area contributed by atoms with E-state index in [0.29, 0.717) is 38.3 Å². The number of aliphatic carboxylic acids is 1. The van der Waals surface area contributed by atoms with E-state index in [-0.39, 0.29) is 5.91 Å². The maximum atomic E-state index is 12.4. The highest BCUT2D eigenvalue weighted by Gasteiger charge is 2.41. The van der Waals surface area contributed by atoms with Gasteiger partial charge in [0.2, 0.25) is 5.91 Å². The second-order valence-electron chi connectivity index (χ2n) is 6.92. The lowest BCUT2D eigenvalue weighted by molar-refractivity contribution is -0.155. The molecule has 21 heavy (non-hydrogen) atoms. The van der Waals surface area contributed by atoms with Crippen molar-refractivity contribution in [3.63, 3.8) is 0 Å². The Morgan fingerprint density at radius 3 is 2.29 bits per heavy atom. The van der Waals surface area contributed by atoms with Crippen molar-refractivity contribution in [3.8, 4) is 0 Å². The van der Waals surface area contributed by atoms with Crippen molar-refractivity contribution < 1.29 is 14.7 Å². The molecule has 1 amide bonds. The van der Waals surface area contributed by atoms with Gasteiger partial charge in [0.15, 0.2) is 0 Å². The van der Waals surface area contributed by atoms with Gasteiger partial charge < -0.3 is 10.0 Å². The normalized spacial score (nSPS) is 23.0. The average molecular weight is 295 g/mol. The number of hydrogen-bond acceptors (Lipinski definition) is 2. The van der Waals surface area contributed by atoms with Gasteiger partial charge in [-0.3, -0.25) is 9.59 Å². The van der Waals surface area contributed by atoms with Crippen LogP contribution in [0.3, 0.4) is 0 Å². The van der Waals surface area contributed by atoms with Crippen LogP contribution in [0.4, 0.5) is 0 Å². The Bertz CT molecular complexity index is 366. The van der Waals surface area contributed by atoms with E-state index in [1.807, 2.05) is 11.8 Å². The minimum absolute atomic E-state index is 0.248. The minimum Gasteiger partial charge on any atom is -0.481 e. The number of amides is 1. The summed E-state index contributed by atoms with van der Waals surface area (Å²) in [4.78, 5) is 25.8. The van der Waals surface area contributed by atoms with Crippen molar-refractivity contribution in [1.29, 1.82) is 0 Å². The molecule has 4 heteroatoms. The van der Waals surface area contributed by atoms with Gasteiger partial charge in [0.05, 0.1) is 5.41 Å². The predicted molar refractivity (Wildman–Crippen MR) is 82.0 cm³/mol. The van der Waals surface area contributed by atoms with Crippen LogP contribution in [-0.2, 0) is 9.59 Å². The zero-order valence-electron chi connectivity index (χ0n) is 13.3. The maximum absolute atomic E-state index is 12.4. The van der Waals surface area contributed by atoms with Crippen LogP contribution in [0.15, 0.2) is 0 Å². The monoisotopic (exact) mass is 295 g/mol. The Balaban J connectivity index is 1.84. The second-order valence-corrected chi connectivity index (χ2v) is 6.92. The van der Waals surface area contributed by atoms with Crippen LogP contribution in [0.25, 0.3) is 0 Å². The number of hydrogen-bond donors (Lipinski definition) is 1. The molecule has 1 heterocycles. The molecule has 1 saturated carbocycles. The first-order valence-electron chi connectivity index (χ1n) is 8.58. The molecule has 4 nitrogen and oxygen atoms in total. The van der Waals surface area contributed by atoms with Gasteiger partial charge in [-0.15, -0.1) is 0 Å². The average Bonchev–Trinajstić information content (AvgIpc) is 2.49. The summed E-state index contributed by atoms with van der Waals surface area (Å²) >= 11 is 0. The molecule has 0 bridgehead atoms. The molecule has 0 unspecified atom stereocenters. The van der Waals surface area contributed by atoms with Crippen molar-refractivity contribution in [2.24, 2.45) is 11.3 Å². The van der Waals surface area contributed by atoms with Gasteiger partial charge in [0.1, 0.15) is 0 Å². The van der Waals surface area contributed by atoms with Crippen LogP contribution in [0, 0.1) is 11.3 Å². The van der Waals surface area contributed by atoms with E-state index in [4.69, 9.17) is 0 Å². The van der Waals surface area contributed by atoms with Crippen LogP contribution in [-0.4, -0.2) is 35.0 Å². The molecular weight excluding hydrogens is 266 g/mol. The van der Waals surface area contributed by atoms with E-state index >= 15 is 0 Å². The maximum Gasteiger partial charge on any atom is 0.309 e. The summed E-state index contributed by atoms with van der Waals surface area (Å²) in [5.41, 5.74) is -0.587. The molecule has 0 aromatic rings. The van der Waals surface area contributed by atoms with Gasteiger partial charge >= 0.3 is 5.97 Å². The molecule has 1 aliphatic carbocycles. The highest BCUT2D eigenvalue weighted by molar-refractivity contribution is 5.78. The molecular formula is C17H29NO3. The van der Waals surface area contributed by atoms with E-state index in [1.165, 1.54) is 32.1 Å². The van der Waals surface area contributed by atoms with E-state index in [2.05, 4.69) is 0 Å². The first-order chi connectivity index (χ1) is 10.1. The van der Waals surface area contributed by atoms with E-state index in [0.717, 1.165) is 12.8 Å². The van der Waals surface area contributed by atoms with E-state index in [1.54, 1.807) is 0 Å². The third kappa shape index (κ3) is 3.98. The summed E-state index contributed by atoms with van der Waals surface area (Å²) in [6, 6.07) is 0. The molecule has 0 atom stereocenters. The van der Waals surface area contributed by atoms with Gasteiger partial charge in [-0.1, -0.05) is 32.6 Å². The molecule has 2 fully saturated rings. The summed E-state index contributed by atoms with van der Waals surface area (Å²) in [5.74, 6) is 0.133. The van der Waals surface area contributed by atoms with Crippen LogP contribution >= 0.6 is 0 Å². The molecule has 120 valence electrons. The lowest BCUT2D eigenvalue weighted by Crippen LogP contribution is -2.46. The number of rotatable bonds is 5. The number of nitrogens with zero attached hydrogens (tertiary/aromatic N) is 1. The fourth-order valence-electron chi connectivity index (χ4n) is 4.00. The molecule has 0 radical (unpaired) electrons. The summed E-state index contributed by atoms with van der Waals surface area (Å²) in [6.07, 6.45) is 9.74. The van der Waals surface area contributed by atoms with Crippen molar-refractivity contribution >= 4 is 11.9 Å². The molecule has 0 spiro atoms. The van der Waals surface area contributed by atoms with Crippen molar-refractivity contribution in [2.75, 3.05) is 13.1 Å². The standard InChI is InChI=1S/C17H29NO3/c1-2-8-17(16(20)21)9-11-18(12-10-17)15(19)13-14-6-4-3-5-7-14/h14H,2-13H2,1H3,(H,20,21). The van der Waals surface area contributed by atoms with Gasteiger partial charge in [-0.25, -0.2) is 0 Å². The topological polar surface area (TPSA) is 57.6 Å². The van der Waals surface area contributed by atoms with Gasteiger partial charge in [-0.2, -0.15) is 0 Å². The fraction of sp³-hybridized carbons (Fsp3) is 0.882. The molecule has 1 N–H and O–H groups in total. The van der Waals surface area contributed by atoms with Crippen LogP contribution in [0.1, 0.15) is 71.1 Å². The van der Waals surface area contributed by atoms with Crippen molar-refractivity contribution in [2.45, 2.75) is 71.1 Å². The third-order valence-corrected chi connectivity index (χ3v) is 5.44. The zero-order chi connectivity index (χ0) is 15.3. The summed E-state index contributed by atoms with van der Waals surface area (Å²) < 4.78 is 0. The number of likely N-dealkylation sites (tertiary alicyclic amines) is 1. The first kappa shape index (κ1) is 16.3. The Morgan fingerprint density at radius 2 is 1.76 bits per heavy atom. The van der Waals surface area contributed by atoms with Gasteiger partial charge in [-0.05, 0) is 38.0 Å². The number of carboxylic acid groups (broad SMARTS) is 1. The smallest absolute Gasteiger partial charge is 0.309 e. The quantitative estimate of drug-likeness (QED) is 0.845. The molecule has 0 aromatic carbocycles. The van der Waals surface area contributed by atoms with Crippen LogP contribution in [0.5, 0.6) is 0 Å². The number of carbonyl (C=O) groups excluding carboxylic acids is 1. The number of carboxylic acids is 1. The predicted octanol–water partition coefficient (Wildman–Crippen LogP) is 3.45. The molecule has 1 saturated heterocycles. The zero-order valence-corrected chi connectivity index (χ0v) is 13.3. The highest BCUT2D eigenvalue weighted by atomic mass is 16.4. The van der Waals surface area contributed by atoms with Crippen LogP contribution in [0.2, 0.25) is 0 Å². The molecule has 1 aliphatic heterocycles. The third-order valence-electron chi connectivity index (χ3n) is 5.44. The minimum atomic E-state index is -0.677. The van der Waals surface area contributed by atoms with Gasteiger partial charge in [0, 0.05) is 19.5 Å². The number of piperidine rings is 1. The second kappa shape index (κ2) is 7.28. The first-order valence-corrected chi connectivity index (χ1v) is 8.58. The Kier molecular flexibility index (Phi) is 5.65. The largest absolute Gasteiger partial charge is 0.481 e. The van der Waals surface area contributed by atoms with Crippen molar-refractivity contribution in [3.05, 3.63) is 0 Å². The summed E-state index contributed by atoms with van der Waals surface area (Å²) in [7, 11) is 0. The molecule has 2 rings (SSSR count). The fourth-order valence-corrected chi connectivity index (χ4v) is 4.00. The number of carbonyl (C=O) groups is 2. The Morgan fingerprint density at radius 1 is 1.14 bits per heavy atom.